The Morgan fingerprint density at radius 1 is 1.22 bits per heavy atom. The summed E-state index contributed by atoms with van der Waals surface area (Å²) < 4.78 is 0. The number of aryl methyl sites for hydroxylation is 2. The number of thiazole rings is 1. The molecule has 0 radical (unpaired) electrons. The fourth-order valence-electron chi connectivity index (χ4n) is 1.99. The van der Waals surface area contributed by atoms with E-state index >= 15 is 0 Å². The maximum Gasteiger partial charge on any atom is 0.136 e. The molecule has 2 heterocycles. The zero-order chi connectivity index (χ0) is 13.3. The molecular weight excluding hydrogens is 266 g/mol. The Bertz CT molecular complexity index is 540. The predicted octanol–water partition coefficient (Wildman–Crippen LogP) is 3.92. The second-order valence-electron chi connectivity index (χ2n) is 4.62. The number of aromatic nitrogens is 3. The van der Waals surface area contributed by atoms with Crippen LogP contribution in [0.15, 0.2) is 5.38 Å². The van der Waals surface area contributed by atoms with Gasteiger partial charge in [0.05, 0.1) is 17.1 Å². The third-order valence-electron chi connectivity index (χ3n) is 2.72. The Labute approximate surface area is 116 Å². The average molecular weight is 282 g/mol. The van der Waals surface area contributed by atoms with Gasteiger partial charge in [-0.05, 0) is 19.8 Å². The summed E-state index contributed by atoms with van der Waals surface area (Å²) in [5.74, 6) is 1.08. The SMILES string of the molecule is Cc1nc(Cc2nc(C)c(C(C)C)c(Cl)n2)cs1. The molecule has 0 atom stereocenters. The van der Waals surface area contributed by atoms with E-state index in [1.54, 1.807) is 11.3 Å². The van der Waals surface area contributed by atoms with Crippen LogP contribution in [0.5, 0.6) is 0 Å². The van der Waals surface area contributed by atoms with Gasteiger partial charge in [-0.3, -0.25) is 0 Å². The Morgan fingerprint density at radius 2 is 1.94 bits per heavy atom. The molecule has 0 aliphatic heterocycles. The van der Waals surface area contributed by atoms with Gasteiger partial charge in [-0.2, -0.15) is 0 Å². The maximum absolute atomic E-state index is 6.23. The van der Waals surface area contributed by atoms with Crippen LogP contribution < -0.4 is 0 Å². The third kappa shape index (κ3) is 2.87. The summed E-state index contributed by atoms with van der Waals surface area (Å²) in [6.45, 7) is 8.18. The van der Waals surface area contributed by atoms with Crippen molar-refractivity contribution in [1.29, 1.82) is 0 Å². The van der Waals surface area contributed by atoms with Crippen LogP contribution in [0, 0.1) is 13.8 Å². The van der Waals surface area contributed by atoms with Crippen molar-refractivity contribution >= 4 is 22.9 Å². The van der Waals surface area contributed by atoms with Gasteiger partial charge in [0, 0.05) is 16.6 Å². The Morgan fingerprint density at radius 3 is 2.44 bits per heavy atom. The van der Waals surface area contributed by atoms with Crippen LogP contribution in [-0.4, -0.2) is 15.0 Å². The van der Waals surface area contributed by atoms with Crippen LogP contribution in [0.4, 0.5) is 0 Å². The number of nitrogens with zero attached hydrogens (tertiary/aromatic N) is 3. The lowest BCUT2D eigenvalue weighted by molar-refractivity contribution is 0.808. The molecule has 0 aliphatic carbocycles. The first kappa shape index (κ1) is 13.4. The Balaban J connectivity index is 2.30. The molecule has 0 bridgehead atoms. The number of hydrogen-bond donors (Lipinski definition) is 0. The van der Waals surface area contributed by atoms with Crippen molar-refractivity contribution in [2.75, 3.05) is 0 Å². The van der Waals surface area contributed by atoms with Crippen molar-refractivity contribution < 1.29 is 0 Å². The molecule has 0 aliphatic rings. The first-order valence-corrected chi connectivity index (χ1v) is 7.17. The molecule has 0 N–H and O–H groups in total. The van der Waals surface area contributed by atoms with E-state index in [1.807, 2.05) is 19.2 Å². The monoisotopic (exact) mass is 281 g/mol. The van der Waals surface area contributed by atoms with Crippen LogP contribution in [0.2, 0.25) is 5.15 Å². The summed E-state index contributed by atoms with van der Waals surface area (Å²) in [6.07, 6.45) is 0.642. The molecule has 3 nitrogen and oxygen atoms in total. The first-order chi connectivity index (χ1) is 8.47. The second kappa shape index (κ2) is 5.33. The van der Waals surface area contributed by atoms with Gasteiger partial charge in [-0.25, -0.2) is 15.0 Å². The Hall–Kier alpha value is -1.00. The molecule has 0 spiro atoms. The van der Waals surface area contributed by atoms with E-state index in [0.29, 0.717) is 17.5 Å². The average Bonchev–Trinajstić information content (AvgIpc) is 2.62. The zero-order valence-corrected chi connectivity index (χ0v) is 12.6. The van der Waals surface area contributed by atoms with Gasteiger partial charge in [0.15, 0.2) is 0 Å². The van der Waals surface area contributed by atoms with E-state index < -0.39 is 0 Å². The lowest BCUT2D eigenvalue weighted by Gasteiger charge is -2.11. The molecule has 0 unspecified atom stereocenters. The summed E-state index contributed by atoms with van der Waals surface area (Å²) in [7, 11) is 0. The van der Waals surface area contributed by atoms with Crippen LogP contribution in [-0.2, 0) is 6.42 Å². The van der Waals surface area contributed by atoms with E-state index in [2.05, 4.69) is 28.8 Å². The van der Waals surface area contributed by atoms with Crippen molar-refractivity contribution in [3.8, 4) is 0 Å². The Kier molecular flexibility index (Phi) is 3.97. The number of rotatable bonds is 3. The zero-order valence-electron chi connectivity index (χ0n) is 11.0. The molecule has 96 valence electrons. The molecule has 0 saturated heterocycles. The molecule has 2 aromatic rings. The molecule has 2 aromatic heterocycles. The van der Waals surface area contributed by atoms with Crippen LogP contribution in [0.25, 0.3) is 0 Å². The highest BCUT2D eigenvalue weighted by atomic mass is 35.5. The fourth-order valence-corrected chi connectivity index (χ4v) is 3.05. The van der Waals surface area contributed by atoms with Gasteiger partial charge in [0.2, 0.25) is 0 Å². The lowest BCUT2D eigenvalue weighted by atomic mass is 10.0. The summed E-state index contributed by atoms with van der Waals surface area (Å²) in [5.41, 5.74) is 3.01. The number of hydrogen-bond acceptors (Lipinski definition) is 4. The highest BCUT2D eigenvalue weighted by Crippen LogP contribution is 2.25. The van der Waals surface area contributed by atoms with Crippen LogP contribution in [0.3, 0.4) is 0 Å². The van der Waals surface area contributed by atoms with Gasteiger partial charge >= 0.3 is 0 Å². The lowest BCUT2D eigenvalue weighted by Crippen LogP contribution is -2.05. The van der Waals surface area contributed by atoms with E-state index in [1.165, 1.54) is 0 Å². The van der Waals surface area contributed by atoms with Crippen molar-refractivity contribution in [1.82, 2.24) is 15.0 Å². The fraction of sp³-hybridized carbons (Fsp3) is 0.462. The topological polar surface area (TPSA) is 38.7 Å². The molecule has 0 fully saturated rings. The van der Waals surface area contributed by atoms with Crippen molar-refractivity contribution in [3.05, 3.63) is 38.3 Å². The third-order valence-corrected chi connectivity index (χ3v) is 3.83. The van der Waals surface area contributed by atoms with Gasteiger partial charge in [-0.1, -0.05) is 25.4 Å². The molecule has 5 heteroatoms. The van der Waals surface area contributed by atoms with Crippen molar-refractivity contribution in [3.63, 3.8) is 0 Å². The quantitative estimate of drug-likeness (QED) is 0.801. The molecule has 18 heavy (non-hydrogen) atoms. The molecular formula is C13H16ClN3S. The molecule has 0 amide bonds. The van der Waals surface area contributed by atoms with Gasteiger partial charge in [0.1, 0.15) is 11.0 Å². The molecule has 0 aromatic carbocycles. The highest BCUT2D eigenvalue weighted by molar-refractivity contribution is 7.09. The predicted molar refractivity (Wildman–Crippen MR) is 75.5 cm³/mol. The largest absolute Gasteiger partial charge is 0.246 e. The normalized spacial score (nSPS) is 11.2. The minimum absolute atomic E-state index is 0.341. The van der Waals surface area contributed by atoms with Crippen molar-refractivity contribution in [2.24, 2.45) is 0 Å². The molecule has 2 rings (SSSR count). The van der Waals surface area contributed by atoms with E-state index in [0.717, 1.165) is 27.8 Å². The number of halogens is 1. The standard InChI is InChI=1S/C13H16ClN3S/c1-7(2)12-8(3)15-11(17-13(12)14)5-10-6-18-9(4)16-10/h6-7H,5H2,1-4H3. The highest BCUT2D eigenvalue weighted by Gasteiger charge is 2.13. The summed E-state index contributed by atoms with van der Waals surface area (Å²) in [4.78, 5) is 13.3. The van der Waals surface area contributed by atoms with Gasteiger partial charge in [-0.15, -0.1) is 11.3 Å². The first-order valence-electron chi connectivity index (χ1n) is 5.91. The van der Waals surface area contributed by atoms with Crippen LogP contribution in [0.1, 0.15) is 47.5 Å². The minimum atomic E-state index is 0.341. The summed E-state index contributed by atoms with van der Waals surface area (Å²) in [6, 6.07) is 0. The summed E-state index contributed by atoms with van der Waals surface area (Å²) in [5, 5.41) is 3.67. The van der Waals surface area contributed by atoms with E-state index in [9.17, 15) is 0 Å². The second-order valence-corrected chi connectivity index (χ2v) is 6.04. The summed E-state index contributed by atoms with van der Waals surface area (Å²) >= 11 is 7.87. The maximum atomic E-state index is 6.23. The molecule has 0 saturated carbocycles. The van der Waals surface area contributed by atoms with Gasteiger partial charge < -0.3 is 0 Å². The van der Waals surface area contributed by atoms with E-state index in [4.69, 9.17) is 11.6 Å². The van der Waals surface area contributed by atoms with Crippen LogP contribution >= 0.6 is 22.9 Å². The van der Waals surface area contributed by atoms with Gasteiger partial charge in [0.25, 0.3) is 0 Å². The van der Waals surface area contributed by atoms with Crippen molar-refractivity contribution in [2.45, 2.75) is 40.0 Å². The minimum Gasteiger partial charge on any atom is -0.246 e. The van der Waals surface area contributed by atoms with E-state index in [-0.39, 0.29) is 0 Å². The smallest absolute Gasteiger partial charge is 0.136 e.